The first-order chi connectivity index (χ1) is 12.2. The minimum absolute atomic E-state index is 0.163. The van der Waals surface area contributed by atoms with E-state index in [1.807, 2.05) is 19.1 Å². The fraction of sp³-hybridized carbons (Fsp3) is 0.278. The quantitative estimate of drug-likeness (QED) is 0.770. The molecule has 25 heavy (non-hydrogen) atoms. The molecular formula is C18H17N5O2. The van der Waals surface area contributed by atoms with Gasteiger partial charge in [0.2, 0.25) is 11.7 Å². The van der Waals surface area contributed by atoms with Crippen LogP contribution in [-0.4, -0.2) is 26.0 Å². The first-order valence-electron chi connectivity index (χ1n) is 8.21. The van der Waals surface area contributed by atoms with E-state index in [1.54, 1.807) is 24.4 Å². The number of benzene rings is 1. The predicted molar refractivity (Wildman–Crippen MR) is 89.6 cm³/mol. The van der Waals surface area contributed by atoms with E-state index in [0.717, 1.165) is 24.1 Å². The summed E-state index contributed by atoms with van der Waals surface area (Å²) in [7, 11) is 0. The van der Waals surface area contributed by atoms with Gasteiger partial charge < -0.3 is 9.84 Å². The molecule has 4 rings (SSSR count). The largest absolute Gasteiger partial charge is 0.344 e. The van der Waals surface area contributed by atoms with Gasteiger partial charge in [0.05, 0.1) is 11.7 Å². The summed E-state index contributed by atoms with van der Waals surface area (Å²) in [6.07, 6.45) is 5.35. The number of nitrogens with one attached hydrogen (secondary N) is 1. The van der Waals surface area contributed by atoms with Crippen molar-refractivity contribution in [3.8, 4) is 11.4 Å². The highest BCUT2D eigenvalue weighted by molar-refractivity contribution is 5.94. The Balaban J connectivity index is 1.44. The van der Waals surface area contributed by atoms with Gasteiger partial charge in [-0.15, -0.1) is 0 Å². The zero-order chi connectivity index (χ0) is 17.2. The summed E-state index contributed by atoms with van der Waals surface area (Å²) in [6.45, 7) is 1.88. The van der Waals surface area contributed by atoms with E-state index >= 15 is 0 Å². The molecule has 7 nitrogen and oxygen atoms in total. The molecule has 0 aliphatic heterocycles. The summed E-state index contributed by atoms with van der Waals surface area (Å²) < 4.78 is 5.27. The number of amides is 1. The van der Waals surface area contributed by atoms with Crippen LogP contribution in [0.15, 0.2) is 47.4 Å². The van der Waals surface area contributed by atoms with Crippen molar-refractivity contribution in [2.24, 2.45) is 0 Å². The molecule has 126 valence electrons. The highest BCUT2D eigenvalue weighted by Crippen LogP contribution is 2.39. The molecule has 0 bridgehead atoms. The highest BCUT2D eigenvalue weighted by Gasteiger charge is 2.29. The van der Waals surface area contributed by atoms with Crippen LogP contribution in [0.4, 0.5) is 0 Å². The fourth-order valence-electron chi connectivity index (χ4n) is 2.53. The maximum Gasteiger partial charge on any atom is 0.251 e. The smallest absolute Gasteiger partial charge is 0.251 e. The van der Waals surface area contributed by atoms with Crippen LogP contribution in [0.25, 0.3) is 11.4 Å². The third kappa shape index (κ3) is 3.40. The number of rotatable bonds is 5. The van der Waals surface area contributed by atoms with Gasteiger partial charge in [0.1, 0.15) is 6.33 Å². The van der Waals surface area contributed by atoms with Crippen molar-refractivity contribution in [1.29, 1.82) is 0 Å². The Kier molecular flexibility index (Phi) is 3.97. The van der Waals surface area contributed by atoms with Gasteiger partial charge in [-0.2, -0.15) is 4.98 Å². The van der Waals surface area contributed by atoms with Crippen molar-refractivity contribution in [3.05, 3.63) is 60.0 Å². The van der Waals surface area contributed by atoms with E-state index in [0.29, 0.717) is 23.2 Å². The molecule has 1 fully saturated rings. The maximum absolute atomic E-state index is 12.4. The van der Waals surface area contributed by atoms with Crippen molar-refractivity contribution in [2.45, 2.75) is 31.7 Å². The van der Waals surface area contributed by atoms with Gasteiger partial charge in [0.15, 0.2) is 0 Å². The Bertz CT molecular complexity index is 872. The van der Waals surface area contributed by atoms with E-state index in [1.165, 1.54) is 6.33 Å². The summed E-state index contributed by atoms with van der Waals surface area (Å²) in [5.41, 5.74) is 2.16. The molecule has 2 heterocycles. The molecule has 7 heteroatoms. The second kappa shape index (κ2) is 6.43. The summed E-state index contributed by atoms with van der Waals surface area (Å²) >= 11 is 0. The van der Waals surface area contributed by atoms with Crippen LogP contribution in [0.5, 0.6) is 0 Å². The van der Waals surface area contributed by atoms with Crippen molar-refractivity contribution in [3.63, 3.8) is 0 Å². The van der Waals surface area contributed by atoms with Gasteiger partial charge in [-0.1, -0.05) is 17.3 Å². The lowest BCUT2D eigenvalue weighted by Gasteiger charge is -2.13. The molecule has 1 N–H and O–H groups in total. The predicted octanol–water partition coefficient (Wildman–Crippen LogP) is 2.90. The highest BCUT2D eigenvalue weighted by atomic mass is 16.5. The lowest BCUT2D eigenvalue weighted by molar-refractivity contribution is 0.0939. The second-order valence-electron chi connectivity index (χ2n) is 6.14. The first-order valence-corrected chi connectivity index (χ1v) is 8.21. The van der Waals surface area contributed by atoms with Crippen LogP contribution in [0.3, 0.4) is 0 Å². The zero-order valence-electron chi connectivity index (χ0n) is 13.7. The molecule has 1 amide bonds. The molecule has 2 aromatic heterocycles. The molecule has 1 aliphatic rings. The van der Waals surface area contributed by atoms with Crippen molar-refractivity contribution >= 4 is 5.91 Å². The maximum atomic E-state index is 12.4. The molecule has 1 aromatic carbocycles. The lowest BCUT2D eigenvalue weighted by Crippen LogP contribution is -2.27. The molecule has 1 saturated carbocycles. The number of aromatic nitrogens is 4. The molecule has 1 atom stereocenters. The van der Waals surface area contributed by atoms with E-state index in [-0.39, 0.29) is 11.9 Å². The number of carbonyl (C=O) groups is 1. The third-order valence-corrected chi connectivity index (χ3v) is 4.17. The number of hydrogen-bond donors (Lipinski definition) is 1. The van der Waals surface area contributed by atoms with Crippen molar-refractivity contribution < 1.29 is 9.32 Å². The van der Waals surface area contributed by atoms with Gasteiger partial charge >= 0.3 is 0 Å². The Morgan fingerprint density at radius 1 is 1.24 bits per heavy atom. The molecule has 0 spiro atoms. The topological polar surface area (TPSA) is 93.8 Å². The summed E-state index contributed by atoms with van der Waals surface area (Å²) in [4.78, 5) is 24.8. The Morgan fingerprint density at radius 2 is 2.04 bits per heavy atom. The normalized spacial score (nSPS) is 14.9. The van der Waals surface area contributed by atoms with Crippen LogP contribution in [0, 0.1) is 0 Å². The molecule has 1 aliphatic carbocycles. The average molecular weight is 335 g/mol. The zero-order valence-corrected chi connectivity index (χ0v) is 13.7. The first kappa shape index (κ1) is 15.4. The van der Waals surface area contributed by atoms with E-state index in [4.69, 9.17) is 4.52 Å². The monoisotopic (exact) mass is 335 g/mol. The summed E-state index contributed by atoms with van der Waals surface area (Å²) in [6, 6.07) is 8.74. The Labute approximate surface area is 144 Å². The molecule has 0 unspecified atom stereocenters. The van der Waals surface area contributed by atoms with Crippen LogP contribution in [0.2, 0.25) is 0 Å². The molecule has 3 aromatic rings. The van der Waals surface area contributed by atoms with Crippen molar-refractivity contribution in [2.75, 3.05) is 0 Å². The summed E-state index contributed by atoms with van der Waals surface area (Å²) in [5.74, 6) is 1.53. The van der Waals surface area contributed by atoms with E-state index < -0.39 is 0 Å². The van der Waals surface area contributed by atoms with Crippen LogP contribution >= 0.6 is 0 Å². The minimum atomic E-state index is -0.200. The fourth-order valence-corrected chi connectivity index (χ4v) is 2.53. The molecular weight excluding hydrogens is 318 g/mol. The van der Waals surface area contributed by atoms with Gasteiger partial charge in [-0.05, 0) is 38.0 Å². The molecule has 0 radical (unpaired) electrons. The third-order valence-electron chi connectivity index (χ3n) is 4.17. The standard InChI is InChI=1S/C18H17N5O2/c1-11(15-8-9-19-10-20-15)21-17(24)13-4-2-12(3-5-13)16-22-18(25-23-16)14-6-7-14/h2-5,8-11,14H,6-7H2,1H3,(H,21,24)/t11-/m1/s1. The van der Waals surface area contributed by atoms with Crippen LogP contribution < -0.4 is 5.32 Å². The van der Waals surface area contributed by atoms with E-state index in [9.17, 15) is 4.79 Å². The Hall–Kier alpha value is -3.09. The van der Waals surface area contributed by atoms with Gasteiger partial charge in [0, 0.05) is 23.2 Å². The van der Waals surface area contributed by atoms with Crippen LogP contribution in [-0.2, 0) is 0 Å². The Morgan fingerprint density at radius 3 is 2.72 bits per heavy atom. The molecule has 0 saturated heterocycles. The SMILES string of the molecule is C[C@@H](NC(=O)c1ccc(-c2noc(C3CC3)n2)cc1)c1ccncn1. The average Bonchev–Trinajstić information content (AvgIpc) is 3.39. The van der Waals surface area contributed by atoms with E-state index in [2.05, 4.69) is 25.4 Å². The number of nitrogens with zero attached hydrogens (tertiary/aromatic N) is 4. The minimum Gasteiger partial charge on any atom is -0.344 e. The summed E-state index contributed by atoms with van der Waals surface area (Å²) in [5, 5.41) is 6.93. The van der Waals surface area contributed by atoms with Crippen molar-refractivity contribution in [1.82, 2.24) is 25.4 Å². The second-order valence-corrected chi connectivity index (χ2v) is 6.14. The lowest BCUT2D eigenvalue weighted by atomic mass is 10.1. The number of carbonyl (C=O) groups excluding carboxylic acids is 1. The van der Waals surface area contributed by atoms with Gasteiger partial charge in [0.25, 0.3) is 5.91 Å². The van der Waals surface area contributed by atoms with Gasteiger partial charge in [-0.25, -0.2) is 9.97 Å². The van der Waals surface area contributed by atoms with Crippen LogP contribution in [0.1, 0.15) is 53.7 Å². The number of hydrogen-bond acceptors (Lipinski definition) is 6. The van der Waals surface area contributed by atoms with Gasteiger partial charge in [-0.3, -0.25) is 4.79 Å².